The Bertz CT molecular complexity index is 1270. The summed E-state index contributed by atoms with van der Waals surface area (Å²) in [6.45, 7) is 1.97. The summed E-state index contributed by atoms with van der Waals surface area (Å²) in [5, 5.41) is 0. The molecule has 0 saturated carbocycles. The Kier molecular flexibility index (Phi) is 5.76. The van der Waals surface area contributed by atoms with Gasteiger partial charge in [0.2, 0.25) is 5.91 Å². The van der Waals surface area contributed by atoms with Crippen LogP contribution in [0, 0.1) is 5.92 Å². The third-order valence-electron chi connectivity index (χ3n) is 6.14. The van der Waals surface area contributed by atoms with Crippen molar-refractivity contribution in [2.45, 2.75) is 30.8 Å². The predicted molar refractivity (Wildman–Crippen MR) is 124 cm³/mol. The standard InChI is InChI=1S/C25H25N3O4S/c29-25(28(18-21-11-7-15-32-21)16-19-8-2-1-3-9-19)20-10-6-14-27(17-20)24-22-12-4-5-13-23(22)33(30,31)26-24/h1-5,7-9,11-13,15,20H,6,10,14,16-18H2. The average molecular weight is 464 g/mol. The molecule has 0 spiro atoms. The molecule has 170 valence electrons. The molecule has 7 nitrogen and oxygen atoms in total. The number of carbonyl (C=O) groups excluding carboxylic acids is 1. The van der Waals surface area contributed by atoms with E-state index in [1.54, 1.807) is 24.5 Å². The molecule has 1 saturated heterocycles. The smallest absolute Gasteiger partial charge is 0.285 e. The highest BCUT2D eigenvalue weighted by Crippen LogP contribution is 2.30. The molecular weight excluding hydrogens is 438 g/mol. The number of likely N-dealkylation sites (tertiary alicyclic amines) is 1. The fraction of sp³-hybridized carbons (Fsp3) is 0.280. The molecule has 8 heteroatoms. The minimum Gasteiger partial charge on any atom is -0.467 e. The summed E-state index contributed by atoms with van der Waals surface area (Å²) in [5.74, 6) is 0.959. The molecule has 3 heterocycles. The van der Waals surface area contributed by atoms with Crippen LogP contribution in [-0.2, 0) is 27.9 Å². The maximum Gasteiger partial charge on any atom is 0.285 e. The molecule has 0 bridgehead atoms. The number of amidine groups is 1. The van der Waals surface area contributed by atoms with Crippen LogP contribution in [0.4, 0.5) is 0 Å². The Hall–Kier alpha value is -3.39. The molecule has 1 amide bonds. The molecule has 1 unspecified atom stereocenters. The van der Waals surface area contributed by atoms with Gasteiger partial charge in [0.05, 0.1) is 18.7 Å². The SMILES string of the molecule is O=C(C1CCCN(C2=NS(=O)(=O)c3ccccc32)C1)N(Cc1ccccc1)Cc1ccco1. The number of sulfonamides is 1. The highest BCUT2D eigenvalue weighted by molar-refractivity contribution is 7.90. The van der Waals surface area contributed by atoms with E-state index in [0.29, 0.717) is 37.6 Å². The molecule has 0 N–H and O–H groups in total. The van der Waals surface area contributed by atoms with Crippen molar-refractivity contribution in [3.63, 3.8) is 0 Å². The van der Waals surface area contributed by atoms with Gasteiger partial charge in [0.1, 0.15) is 10.7 Å². The fourth-order valence-electron chi connectivity index (χ4n) is 4.55. The lowest BCUT2D eigenvalue weighted by atomic mass is 9.95. The number of furan rings is 1. The Morgan fingerprint density at radius 2 is 1.82 bits per heavy atom. The van der Waals surface area contributed by atoms with Crippen molar-refractivity contribution >= 4 is 21.8 Å². The highest BCUT2D eigenvalue weighted by Gasteiger charge is 2.36. The molecule has 3 aromatic rings. The van der Waals surface area contributed by atoms with E-state index >= 15 is 0 Å². The van der Waals surface area contributed by atoms with E-state index in [4.69, 9.17) is 4.42 Å². The zero-order chi connectivity index (χ0) is 22.8. The van der Waals surface area contributed by atoms with Crippen LogP contribution in [0.2, 0.25) is 0 Å². The normalized spacial score (nSPS) is 19.1. The van der Waals surface area contributed by atoms with Crippen molar-refractivity contribution < 1.29 is 17.6 Å². The maximum atomic E-state index is 13.7. The van der Waals surface area contributed by atoms with Crippen LogP contribution in [0.5, 0.6) is 0 Å². The molecule has 1 aromatic heterocycles. The van der Waals surface area contributed by atoms with Gasteiger partial charge in [0, 0.05) is 25.2 Å². The van der Waals surface area contributed by atoms with Crippen molar-refractivity contribution in [1.82, 2.24) is 9.80 Å². The molecule has 0 radical (unpaired) electrons. The van der Waals surface area contributed by atoms with Gasteiger partial charge in [-0.15, -0.1) is 4.40 Å². The first-order chi connectivity index (χ1) is 16.0. The predicted octanol–water partition coefficient (Wildman–Crippen LogP) is 3.67. The topological polar surface area (TPSA) is 83.2 Å². The largest absolute Gasteiger partial charge is 0.467 e. The van der Waals surface area contributed by atoms with Crippen molar-refractivity contribution in [2.75, 3.05) is 13.1 Å². The molecule has 0 aliphatic carbocycles. The van der Waals surface area contributed by atoms with E-state index in [2.05, 4.69) is 4.40 Å². The average Bonchev–Trinajstić information content (AvgIpc) is 3.45. The number of fused-ring (bicyclic) bond motifs is 1. The second-order valence-electron chi connectivity index (χ2n) is 8.43. The monoisotopic (exact) mass is 463 g/mol. The van der Waals surface area contributed by atoms with E-state index in [1.165, 1.54) is 0 Å². The summed E-state index contributed by atoms with van der Waals surface area (Å²) in [6, 6.07) is 20.4. The fourth-order valence-corrected chi connectivity index (χ4v) is 5.78. The summed E-state index contributed by atoms with van der Waals surface area (Å²) in [5.41, 5.74) is 1.66. The molecule has 5 rings (SSSR count). The lowest BCUT2D eigenvalue weighted by molar-refractivity contribution is -0.138. The highest BCUT2D eigenvalue weighted by atomic mass is 32.2. The molecule has 33 heavy (non-hydrogen) atoms. The summed E-state index contributed by atoms with van der Waals surface area (Å²) in [4.78, 5) is 17.7. The van der Waals surface area contributed by atoms with Gasteiger partial charge in [-0.2, -0.15) is 8.42 Å². The van der Waals surface area contributed by atoms with Gasteiger partial charge >= 0.3 is 0 Å². The number of hydrogen-bond donors (Lipinski definition) is 0. The minimum absolute atomic E-state index is 0.0368. The van der Waals surface area contributed by atoms with E-state index in [9.17, 15) is 13.2 Å². The molecule has 1 fully saturated rings. The van der Waals surface area contributed by atoms with Crippen molar-refractivity contribution in [1.29, 1.82) is 0 Å². The second-order valence-corrected chi connectivity index (χ2v) is 10.0. The van der Waals surface area contributed by atoms with Crippen LogP contribution in [0.3, 0.4) is 0 Å². The summed E-state index contributed by atoms with van der Waals surface area (Å²) >= 11 is 0. The summed E-state index contributed by atoms with van der Waals surface area (Å²) in [7, 11) is -3.69. The van der Waals surface area contributed by atoms with Gasteiger partial charge in [-0.05, 0) is 42.7 Å². The molecule has 1 atom stereocenters. The number of benzene rings is 2. The summed E-state index contributed by atoms with van der Waals surface area (Å²) < 4.78 is 34.6. The zero-order valence-corrected chi connectivity index (χ0v) is 18.9. The number of amides is 1. The minimum atomic E-state index is -3.69. The van der Waals surface area contributed by atoms with Crippen LogP contribution in [0.1, 0.15) is 29.7 Å². The second kappa shape index (κ2) is 8.86. The lowest BCUT2D eigenvalue weighted by Gasteiger charge is -2.36. The Labute approximate surface area is 193 Å². The van der Waals surface area contributed by atoms with Crippen LogP contribution in [0.25, 0.3) is 0 Å². The zero-order valence-electron chi connectivity index (χ0n) is 18.1. The van der Waals surface area contributed by atoms with E-state index in [-0.39, 0.29) is 16.7 Å². The van der Waals surface area contributed by atoms with Crippen LogP contribution in [-0.4, -0.2) is 43.0 Å². The van der Waals surface area contributed by atoms with Crippen molar-refractivity contribution in [3.05, 3.63) is 89.9 Å². The first-order valence-electron chi connectivity index (χ1n) is 11.1. The third-order valence-corrected chi connectivity index (χ3v) is 7.46. The van der Waals surface area contributed by atoms with Crippen LogP contribution >= 0.6 is 0 Å². The maximum absolute atomic E-state index is 13.7. The summed E-state index contributed by atoms with van der Waals surface area (Å²) in [6.07, 6.45) is 3.15. The Morgan fingerprint density at radius 3 is 2.61 bits per heavy atom. The lowest BCUT2D eigenvalue weighted by Crippen LogP contribution is -2.46. The first kappa shape index (κ1) is 21.5. The van der Waals surface area contributed by atoms with Gasteiger partial charge in [0.25, 0.3) is 10.0 Å². The van der Waals surface area contributed by atoms with Gasteiger partial charge < -0.3 is 14.2 Å². The Balaban J connectivity index is 1.38. The number of carbonyl (C=O) groups is 1. The number of rotatable bonds is 5. The van der Waals surface area contributed by atoms with Crippen LogP contribution in [0.15, 0.2) is 86.7 Å². The van der Waals surface area contributed by atoms with E-state index in [1.807, 2.05) is 58.3 Å². The number of hydrogen-bond acceptors (Lipinski definition) is 5. The van der Waals surface area contributed by atoms with E-state index in [0.717, 1.165) is 24.2 Å². The van der Waals surface area contributed by atoms with Gasteiger partial charge in [-0.1, -0.05) is 42.5 Å². The quantitative estimate of drug-likeness (QED) is 0.577. The van der Waals surface area contributed by atoms with Crippen molar-refractivity contribution in [2.24, 2.45) is 10.3 Å². The first-order valence-corrected chi connectivity index (χ1v) is 12.5. The molecule has 2 aliphatic heterocycles. The molecule has 2 aliphatic rings. The van der Waals surface area contributed by atoms with Gasteiger partial charge in [-0.3, -0.25) is 4.79 Å². The van der Waals surface area contributed by atoms with Gasteiger partial charge in [0.15, 0.2) is 5.84 Å². The van der Waals surface area contributed by atoms with Gasteiger partial charge in [-0.25, -0.2) is 0 Å². The third kappa shape index (κ3) is 4.43. The van der Waals surface area contributed by atoms with Crippen LogP contribution < -0.4 is 0 Å². The molecule has 2 aromatic carbocycles. The van der Waals surface area contributed by atoms with Crippen molar-refractivity contribution in [3.8, 4) is 0 Å². The Morgan fingerprint density at radius 1 is 1.03 bits per heavy atom. The number of nitrogens with zero attached hydrogens (tertiary/aromatic N) is 3. The van der Waals surface area contributed by atoms with E-state index < -0.39 is 10.0 Å². The number of piperidine rings is 1. The molecular formula is C25H25N3O4S.